The first-order valence-electron chi connectivity index (χ1n) is 7.04. The van der Waals surface area contributed by atoms with Crippen molar-refractivity contribution in [2.45, 2.75) is 27.7 Å². The van der Waals surface area contributed by atoms with Gasteiger partial charge in [-0.05, 0) is 48.5 Å². The molecule has 2 aromatic carbocycles. The largest absolute Gasteiger partial charge is 0.660 e. The van der Waals surface area contributed by atoms with E-state index < -0.39 is 0 Å². The molecule has 2 aromatic rings. The molecule has 4 nitrogen and oxygen atoms in total. The minimum atomic E-state index is 0. The van der Waals surface area contributed by atoms with Crippen LogP contribution in [0.1, 0.15) is 27.7 Å². The molecule has 0 spiro atoms. The van der Waals surface area contributed by atoms with Gasteiger partial charge < -0.3 is 20.9 Å². The van der Waals surface area contributed by atoms with Crippen LogP contribution in [-0.2, 0) is 32.7 Å². The molecule has 0 aromatic heterocycles. The molecule has 0 bridgehead atoms. The molecule has 0 atom stereocenters. The summed E-state index contributed by atoms with van der Waals surface area (Å²) in [5.74, 6) is 1.67. The van der Waals surface area contributed by atoms with Crippen molar-refractivity contribution >= 4 is 11.4 Å². The maximum Gasteiger partial charge on any atom is 0.0849 e. The molecule has 0 heterocycles. The Kier molecular flexibility index (Phi) is 10.7. The number of benzene rings is 2. The van der Waals surface area contributed by atoms with E-state index in [0.717, 1.165) is 35.1 Å². The molecule has 2 rings (SSSR count). The van der Waals surface area contributed by atoms with Crippen molar-refractivity contribution < 1.29 is 42.2 Å². The Morgan fingerprint density at radius 2 is 0.870 bits per heavy atom. The van der Waals surface area contributed by atoms with Gasteiger partial charge in [-0.1, -0.05) is 0 Å². The molecule has 0 aliphatic carbocycles. The van der Waals surface area contributed by atoms with Gasteiger partial charge in [-0.15, -0.1) is 0 Å². The summed E-state index contributed by atoms with van der Waals surface area (Å²) in [5, 5.41) is 0. The summed E-state index contributed by atoms with van der Waals surface area (Å²) in [4.78, 5) is 0. The van der Waals surface area contributed by atoms with Crippen molar-refractivity contribution in [2.24, 2.45) is 0 Å². The third-order valence-corrected chi connectivity index (χ3v) is 2.40. The van der Waals surface area contributed by atoms with Crippen molar-refractivity contribution in [1.82, 2.24) is 0 Å². The molecular weight excluding hydrogens is 365 g/mol. The van der Waals surface area contributed by atoms with E-state index in [0.29, 0.717) is 0 Å². The zero-order valence-electron chi connectivity index (χ0n) is 14.2. The summed E-state index contributed by atoms with van der Waals surface area (Å²) in [6.07, 6.45) is 1.85. The topological polar surface area (TPSA) is 70.5 Å². The fraction of sp³-hybridized carbons (Fsp3) is 0.222. The molecule has 0 unspecified atom stereocenters. The van der Waals surface area contributed by atoms with Gasteiger partial charge in [0.25, 0.3) is 0 Å². The number of rotatable bonds is 4. The second-order valence-electron chi connectivity index (χ2n) is 5.16. The summed E-state index contributed by atoms with van der Waals surface area (Å²) >= 11 is 0. The zero-order valence-corrected chi connectivity index (χ0v) is 17.0. The average Bonchev–Trinajstić information content (AvgIpc) is 2.44. The van der Waals surface area contributed by atoms with Gasteiger partial charge in [0.1, 0.15) is 0 Å². The normalized spacial score (nSPS) is 9.65. The van der Waals surface area contributed by atoms with Crippen molar-refractivity contribution in [2.75, 3.05) is 11.5 Å². The van der Waals surface area contributed by atoms with Crippen molar-refractivity contribution in [3.05, 3.63) is 60.7 Å². The SMILES string of the molecule is C[C-](C)Oc1ccc(N)cc1.C[C-](C)Oc1ccc(N)cc1.[Y]. The third-order valence-electron chi connectivity index (χ3n) is 2.40. The van der Waals surface area contributed by atoms with E-state index in [1.54, 1.807) is 0 Å². The van der Waals surface area contributed by atoms with Gasteiger partial charge in [-0.25, -0.2) is 0 Å². The average molecular weight is 389 g/mol. The van der Waals surface area contributed by atoms with E-state index in [9.17, 15) is 0 Å². The van der Waals surface area contributed by atoms with Crippen LogP contribution in [-0.4, -0.2) is 0 Å². The second kappa shape index (κ2) is 11.3. The molecule has 0 aliphatic heterocycles. The van der Waals surface area contributed by atoms with Gasteiger partial charge in [0, 0.05) is 44.1 Å². The minimum Gasteiger partial charge on any atom is -0.660 e. The summed E-state index contributed by atoms with van der Waals surface area (Å²) in [7, 11) is 0. The maximum atomic E-state index is 5.50. The molecule has 0 saturated carbocycles. The Morgan fingerprint density at radius 3 is 1.09 bits per heavy atom. The standard InChI is InChI=1S/2C9H12NO.Y/c2*1-7(2)11-9-5-3-8(10)4-6-9;/h2*3-6H,10H2,1-2H3;/q2*-1;. The van der Waals surface area contributed by atoms with Gasteiger partial charge in [-0.3, -0.25) is 0 Å². The van der Waals surface area contributed by atoms with Crippen LogP contribution in [0.15, 0.2) is 48.5 Å². The molecule has 5 heteroatoms. The quantitative estimate of drug-likeness (QED) is 0.599. The first kappa shape index (κ1) is 21.7. The van der Waals surface area contributed by atoms with Crippen molar-refractivity contribution in [1.29, 1.82) is 0 Å². The molecule has 1 radical (unpaired) electrons. The van der Waals surface area contributed by atoms with E-state index in [2.05, 4.69) is 0 Å². The summed E-state index contributed by atoms with van der Waals surface area (Å²) < 4.78 is 10.7. The van der Waals surface area contributed by atoms with Crippen LogP contribution in [0.4, 0.5) is 11.4 Å². The van der Waals surface area contributed by atoms with Gasteiger partial charge in [0.15, 0.2) is 0 Å². The number of nitrogen functional groups attached to an aromatic ring is 2. The smallest absolute Gasteiger partial charge is 0.0849 e. The third kappa shape index (κ3) is 10.2. The molecule has 0 aliphatic rings. The second-order valence-corrected chi connectivity index (χ2v) is 5.16. The Hall–Kier alpha value is -1.26. The van der Waals surface area contributed by atoms with Crippen LogP contribution in [0.5, 0.6) is 11.5 Å². The van der Waals surface area contributed by atoms with Gasteiger partial charge in [-0.2, -0.15) is 39.9 Å². The first-order chi connectivity index (χ1) is 10.4. The summed E-state index contributed by atoms with van der Waals surface area (Å²) in [6, 6.07) is 14.7. The van der Waals surface area contributed by atoms with E-state index in [4.69, 9.17) is 20.9 Å². The van der Waals surface area contributed by atoms with Crippen LogP contribution in [0.25, 0.3) is 0 Å². The fourth-order valence-electron chi connectivity index (χ4n) is 1.54. The van der Waals surface area contributed by atoms with Crippen LogP contribution in [0, 0.1) is 12.2 Å². The Labute approximate surface area is 164 Å². The molecule has 123 valence electrons. The van der Waals surface area contributed by atoms with Gasteiger partial charge in [0.05, 0.1) is 11.5 Å². The monoisotopic (exact) mass is 389 g/mol. The van der Waals surface area contributed by atoms with Crippen LogP contribution >= 0.6 is 0 Å². The van der Waals surface area contributed by atoms with E-state index in [-0.39, 0.29) is 32.7 Å². The summed E-state index contributed by atoms with van der Waals surface area (Å²) in [5.41, 5.74) is 12.5. The number of hydrogen-bond donors (Lipinski definition) is 2. The van der Waals surface area contributed by atoms with Crippen molar-refractivity contribution in [3.8, 4) is 11.5 Å². The fourth-order valence-corrected chi connectivity index (χ4v) is 1.54. The van der Waals surface area contributed by atoms with Gasteiger partial charge in [0.2, 0.25) is 0 Å². The first-order valence-corrected chi connectivity index (χ1v) is 7.04. The number of ether oxygens (including phenoxy) is 2. The van der Waals surface area contributed by atoms with Crippen LogP contribution in [0.2, 0.25) is 0 Å². The maximum absolute atomic E-state index is 5.50. The summed E-state index contributed by atoms with van der Waals surface area (Å²) in [6.45, 7) is 7.65. The van der Waals surface area contributed by atoms with E-state index in [1.165, 1.54) is 0 Å². The van der Waals surface area contributed by atoms with Crippen LogP contribution in [0.3, 0.4) is 0 Å². The number of nitrogens with two attached hydrogens (primary N) is 2. The zero-order chi connectivity index (χ0) is 16.5. The molecule has 0 fully saturated rings. The Morgan fingerprint density at radius 1 is 0.609 bits per heavy atom. The predicted molar refractivity (Wildman–Crippen MR) is 92.1 cm³/mol. The van der Waals surface area contributed by atoms with Crippen LogP contribution < -0.4 is 20.9 Å². The molecular formula is C18H24N2O2Y-2. The minimum absolute atomic E-state index is 0. The molecule has 0 amide bonds. The Balaban J connectivity index is 0.000000403. The number of anilines is 2. The van der Waals surface area contributed by atoms with Gasteiger partial charge >= 0.3 is 0 Å². The predicted octanol–water partition coefficient (Wildman–Crippen LogP) is 4.44. The van der Waals surface area contributed by atoms with E-state index >= 15 is 0 Å². The van der Waals surface area contributed by atoms with Crippen molar-refractivity contribution in [3.63, 3.8) is 0 Å². The number of hydrogen-bond acceptors (Lipinski definition) is 4. The molecule has 23 heavy (non-hydrogen) atoms. The molecule has 0 saturated heterocycles. The molecule has 4 N–H and O–H groups in total. The Bertz CT molecular complexity index is 488. The van der Waals surface area contributed by atoms with E-state index in [1.807, 2.05) is 76.2 Å².